The van der Waals surface area contributed by atoms with Gasteiger partial charge in [0.05, 0.1) is 6.26 Å². The number of benzene rings is 2. The second-order valence-corrected chi connectivity index (χ2v) is 7.09. The summed E-state index contributed by atoms with van der Waals surface area (Å²) in [5, 5.41) is 17.7. The molecule has 4 rings (SSSR count). The van der Waals surface area contributed by atoms with Gasteiger partial charge in [0.2, 0.25) is 0 Å². The quantitative estimate of drug-likeness (QED) is 0.328. The molecule has 1 aliphatic heterocycles. The molecule has 0 N–H and O–H groups in total. The molecule has 1 heterocycles. The maximum Gasteiger partial charge on any atom is 0.169 e. The Balaban J connectivity index is 1.76. The monoisotopic (exact) mass is 404 g/mol. The molecule has 4 nitrogen and oxygen atoms in total. The lowest BCUT2D eigenvalue weighted by Crippen LogP contribution is -2.13. The summed E-state index contributed by atoms with van der Waals surface area (Å²) >= 11 is 0. The van der Waals surface area contributed by atoms with Crippen molar-refractivity contribution >= 4 is 11.3 Å². The van der Waals surface area contributed by atoms with E-state index in [0.29, 0.717) is 0 Å². The van der Waals surface area contributed by atoms with Crippen molar-refractivity contribution in [2.24, 2.45) is 0 Å². The highest BCUT2D eigenvalue weighted by molar-refractivity contribution is 5.88. The second-order valence-electron chi connectivity index (χ2n) is 7.09. The first-order valence-corrected chi connectivity index (χ1v) is 10.1. The van der Waals surface area contributed by atoms with E-state index in [1.807, 2.05) is 60.7 Å². The van der Waals surface area contributed by atoms with E-state index in [1.165, 1.54) is 12.3 Å². The van der Waals surface area contributed by atoms with Gasteiger partial charge < -0.3 is 9.47 Å². The fourth-order valence-electron chi connectivity index (χ4n) is 3.64. The van der Waals surface area contributed by atoms with Crippen LogP contribution in [0.25, 0.3) is 11.3 Å². The van der Waals surface area contributed by atoms with Gasteiger partial charge >= 0.3 is 0 Å². The van der Waals surface area contributed by atoms with Gasteiger partial charge in [-0.25, -0.2) is 0 Å². The number of nitriles is 2. The fourth-order valence-corrected chi connectivity index (χ4v) is 3.64. The Labute approximate surface area is 182 Å². The molecule has 0 saturated carbocycles. The van der Waals surface area contributed by atoms with E-state index < -0.39 is 0 Å². The summed E-state index contributed by atoms with van der Waals surface area (Å²) < 4.78 is 12.3. The van der Waals surface area contributed by atoms with Crippen LogP contribution in [0.5, 0.6) is 0 Å². The molecular weight excluding hydrogens is 384 g/mol. The first kappa shape index (κ1) is 20.0. The molecule has 0 amide bonds. The van der Waals surface area contributed by atoms with E-state index in [4.69, 9.17) is 20.0 Å². The number of hydrogen-bond acceptors (Lipinski definition) is 4. The molecule has 0 atom stereocenters. The van der Waals surface area contributed by atoms with Crippen LogP contribution in [-0.4, -0.2) is 0 Å². The van der Waals surface area contributed by atoms with Crippen molar-refractivity contribution in [2.45, 2.75) is 19.3 Å². The molecular formula is C27H20N2O2. The van der Waals surface area contributed by atoms with Gasteiger partial charge in [0.25, 0.3) is 0 Å². The number of nitrogens with zero attached hydrogens (tertiary/aromatic N) is 2. The predicted octanol–water partition coefficient (Wildman–Crippen LogP) is 6.41. The van der Waals surface area contributed by atoms with E-state index in [-0.39, 0.29) is 5.57 Å². The summed E-state index contributed by atoms with van der Waals surface area (Å²) in [7, 11) is 0. The summed E-state index contributed by atoms with van der Waals surface area (Å²) in [5.74, 6) is 2.28. The number of fused-ring (bicyclic) bond motifs is 1. The van der Waals surface area contributed by atoms with E-state index in [0.717, 1.165) is 58.8 Å². The van der Waals surface area contributed by atoms with Gasteiger partial charge in [-0.15, -0.1) is 0 Å². The van der Waals surface area contributed by atoms with Crippen LogP contribution in [0.2, 0.25) is 0 Å². The van der Waals surface area contributed by atoms with Crippen LogP contribution in [0.1, 0.15) is 30.4 Å². The Kier molecular flexibility index (Phi) is 6.12. The zero-order valence-corrected chi connectivity index (χ0v) is 16.9. The first-order chi connectivity index (χ1) is 15.3. The highest BCUT2D eigenvalue weighted by Gasteiger charge is 2.28. The summed E-state index contributed by atoms with van der Waals surface area (Å²) in [6.45, 7) is 0. The van der Waals surface area contributed by atoms with E-state index in [1.54, 1.807) is 6.08 Å². The van der Waals surface area contributed by atoms with Crippen molar-refractivity contribution in [3.63, 3.8) is 0 Å². The molecule has 2 aromatic carbocycles. The number of rotatable bonds is 5. The minimum atomic E-state index is 0.0244. The van der Waals surface area contributed by atoms with Crippen LogP contribution in [-0.2, 0) is 9.47 Å². The van der Waals surface area contributed by atoms with Gasteiger partial charge in [0, 0.05) is 17.6 Å². The zero-order valence-electron chi connectivity index (χ0n) is 16.9. The van der Waals surface area contributed by atoms with Gasteiger partial charge in [-0.05, 0) is 42.2 Å². The number of allylic oxidation sites excluding steroid dienone is 7. The maximum absolute atomic E-state index is 8.85. The van der Waals surface area contributed by atoms with Crippen molar-refractivity contribution < 1.29 is 9.47 Å². The summed E-state index contributed by atoms with van der Waals surface area (Å²) in [5.41, 5.74) is 4.43. The van der Waals surface area contributed by atoms with E-state index >= 15 is 0 Å². The van der Waals surface area contributed by atoms with Crippen molar-refractivity contribution in [2.75, 3.05) is 0 Å². The Hall–Kier alpha value is -4.28. The van der Waals surface area contributed by atoms with Crippen LogP contribution < -0.4 is 0 Å². The molecule has 0 fully saturated rings. The zero-order chi connectivity index (χ0) is 21.5. The van der Waals surface area contributed by atoms with Crippen molar-refractivity contribution in [3.8, 4) is 12.1 Å². The lowest BCUT2D eigenvalue weighted by atomic mass is 9.88. The van der Waals surface area contributed by atoms with Crippen LogP contribution in [0, 0.1) is 22.7 Å². The second kappa shape index (κ2) is 9.48. The van der Waals surface area contributed by atoms with Crippen LogP contribution in [0.4, 0.5) is 0 Å². The van der Waals surface area contributed by atoms with Crippen molar-refractivity contribution in [1.82, 2.24) is 0 Å². The largest absolute Gasteiger partial charge is 0.465 e. The summed E-state index contributed by atoms with van der Waals surface area (Å²) in [6, 6.07) is 24.0. The van der Waals surface area contributed by atoms with Gasteiger partial charge in [-0.3, -0.25) is 0 Å². The minimum Gasteiger partial charge on any atom is -0.465 e. The van der Waals surface area contributed by atoms with Gasteiger partial charge in [0.15, 0.2) is 5.76 Å². The third-order valence-corrected chi connectivity index (χ3v) is 5.11. The molecule has 150 valence electrons. The predicted molar refractivity (Wildman–Crippen MR) is 119 cm³/mol. The molecule has 0 aromatic heterocycles. The summed E-state index contributed by atoms with van der Waals surface area (Å²) in [6.07, 6.45) is 9.19. The lowest BCUT2D eigenvalue weighted by molar-refractivity contribution is 0.267. The van der Waals surface area contributed by atoms with Gasteiger partial charge in [0.1, 0.15) is 29.2 Å². The third kappa shape index (κ3) is 4.50. The van der Waals surface area contributed by atoms with Gasteiger partial charge in [-0.2, -0.15) is 10.5 Å². The standard InChI is InChI=1S/C27H20N2O2/c28-18-20(19-29)9-8-16-30-25-15-7-14-23-24(21-10-3-1-4-11-21)17-26(31-27(23)25)22-12-5-2-6-13-22/h1-6,8-13,16-17H,7,14-15H2/b16-8+. The Morgan fingerprint density at radius 2 is 1.58 bits per heavy atom. The molecule has 0 spiro atoms. The topological polar surface area (TPSA) is 66.0 Å². The van der Waals surface area contributed by atoms with Crippen molar-refractivity contribution in [1.29, 1.82) is 10.5 Å². The smallest absolute Gasteiger partial charge is 0.169 e. The highest BCUT2D eigenvalue weighted by Crippen LogP contribution is 2.43. The molecule has 2 aliphatic rings. The molecule has 2 aromatic rings. The molecule has 0 saturated heterocycles. The highest BCUT2D eigenvalue weighted by atomic mass is 16.5. The average Bonchev–Trinajstić information content (AvgIpc) is 2.84. The third-order valence-electron chi connectivity index (χ3n) is 5.11. The minimum absolute atomic E-state index is 0.0244. The first-order valence-electron chi connectivity index (χ1n) is 10.1. The Morgan fingerprint density at radius 1 is 0.903 bits per heavy atom. The van der Waals surface area contributed by atoms with Crippen LogP contribution in [0.15, 0.2) is 108 Å². The molecule has 0 unspecified atom stereocenters. The fraction of sp³-hybridized carbons (Fsp3) is 0.111. The summed E-state index contributed by atoms with van der Waals surface area (Å²) in [4.78, 5) is 0. The van der Waals surface area contributed by atoms with Crippen LogP contribution in [0.3, 0.4) is 0 Å². The molecule has 0 radical (unpaired) electrons. The molecule has 0 bridgehead atoms. The van der Waals surface area contributed by atoms with E-state index in [9.17, 15) is 0 Å². The van der Waals surface area contributed by atoms with E-state index in [2.05, 4.69) is 18.2 Å². The number of ether oxygens (including phenoxy) is 2. The number of hydrogen-bond donors (Lipinski definition) is 0. The Bertz CT molecular complexity index is 1190. The van der Waals surface area contributed by atoms with Crippen LogP contribution >= 0.6 is 0 Å². The normalized spacial score (nSPS) is 15.4. The average molecular weight is 404 g/mol. The molecule has 1 aliphatic carbocycles. The van der Waals surface area contributed by atoms with Crippen molar-refractivity contribution in [3.05, 3.63) is 119 Å². The maximum atomic E-state index is 8.85. The SMILES string of the molecule is N#CC(C#N)=C/C=C/OC1=C2OC(c3ccccc3)=CC(c3ccccc3)=C2CCC1. The van der Waals surface area contributed by atoms with Gasteiger partial charge in [-0.1, -0.05) is 60.7 Å². The Morgan fingerprint density at radius 3 is 2.26 bits per heavy atom. The molecule has 31 heavy (non-hydrogen) atoms. The lowest BCUT2D eigenvalue weighted by Gasteiger charge is -2.29. The molecule has 4 heteroatoms.